The molecule has 84 valence electrons. The first-order chi connectivity index (χ1) is 7.81. The molecule has 1 aromatic heterocycles. The maximum atomic E-state index is 5.54. The van der Waals surface area contributed by atoms with E-state index in [0.717, 1.165) is 23.9 Å². The van der Waals surface area contributed by atoms with Crippen LogP contribution in [0, 0.1) is 0 Å². The lowest BCUT2D eigenvalue weighted by molar-refractivity contribution is 0.789. The minimum atomic E-state index is 0.742. The second-order valence-corrected chi connectivity index (χ2v) is 4.65. The smallest absolute Gasteiger partial charge is 0.0453 e. The molecule has 0 aliphatic rings. The van der Waals surface area contributed by atoms with Gasteiger partial charge in [0.1, 0.15) is 0 Å². The molecule has 0 spiro atoms. The third kappa shape index (κ3) is 2.54. The fraction of sp³-hybridized carbons (Fsp3) is 0.231. The van der Waals surface area contributed by atoms with E-state index in [4.69, 9.17) is 5.73 Å². The Morgan fingerprint density at radius 3 is 2.56 bits per heavy atom. The zero-order chi connectivity index (χ0) is 11.4. The second-order valence-electron chi connectivity index (χ2n) is 3.74. The van der Waals surface area contributed by atoms with Gasteiger partial charge in [-0.3, -0.25) is 0 Å². The average molecular weight is 279 g/mol. The van der Waals surface area contributed by atoms with Crippen molar-refractivity contribution in [2.75, 3.05) is 6.54 Å². The van der Waals surface area contributed by atoms with Crippen LogP contribution in [0.3, 0.4) is 0 Å². The summed E-state index contributed by atoms with van der Waals surface area (Å²) in [4.78, 5) is 0. The Balaban J connectivity index is 2.26. The van der Waals surface area contributed by atoms with Gasteiger partial charge in [-0.2, -0.15) is 0 Å². The number of rotatable bonds is 4. The summed E-state index contributed by atoms with van der Waals surface area (Å²) in [6, 6.07) is 12.6. The van der Waals surface area contributed by atoms with Crippen LogP contribution in [0.2, 0.25) is 0 Å². The van der Waals surface area contributed by atoms with E-state index >= 15 is 0 Å². The zero-order valence-corrected chi connectivity index (χ0v) is 10.7. The maximum Gasteiger partial charge on any atom is 0.0453 e. The standard InChI is InChI=1S/C13H15BrN2/c14-11-5-7-13(8-6-11)16-10-2-4-12(16)3-1-9-15/h2,4-8,10H,1,3,9,15H2. The topological polar surface area (TPSA) is 30.9 Å². The Bertz CT molecular complexity index is 445. The molecule has 1 heterocycles. The van der Waals surface area contributed by atoms with Crippen molar-refractivity contribution in [3.05, 3.63) is 52.8 Å². The summed E-state index contributed by atoms with van der Waals surface area (Å²) in [5, 5.41) is 0. The van der Waals surface area contributed by atoms with Gasteiger partial charge in [0.15, 0.2) is 0 Å². The van der Waals surface area contributed by atoms with Gasteiger partial charge < -0.3 is 10.3 Å². The number of aromatic nitrogens is 1. The molecular formula is C13H15BrN2. The normalized spacial score (nSPS) is 10.6. The summed E-state index contributed by atoms with van der Waals surface area (Å²) < 4.78 is 3.31. The molecule has 0 fully saturated rings. The minimum absolute atomic E-state index is 0.742. The van der Waals surface area contributed by atoms with Crippen molar-refractivity contribution in [3.8, 4) is 5.69 Å². The van der Waals surface area contributed by atoms with Crippen molar-refractivity contribution in [2.45, 2.75) is 12.8 Å². The van der Waals surface area contributed by atoms with E-state index in [1.165, 1.54) is 11.4 Å². The molecule has 16 heavy (non-hydrogen) atoms. The maximum absolute atomic E-state index is 5.54. The van der Waals surface area contributed by atoms with Crippen molar-refractivity contribution < 1.29 is 0 Å². The Hall–Kier alpha value is -1.06. The average Bonchev–Trinajstić information content (AvgIpc) is 2.75. The molecule has 2 nitrogen and oxygen atoms in total. The highest BCUT2D eigenvalue weighted by Crippen LogP contribution is 2.17. The summed E-state index contributed by atoms with van der Waals surface area (Å²) in [5.41, 5.74) is 8.05. The van der Waals surface area contributed by atoms with Gasteiger partial charge in [0.2, 0.25) is 0 Å². The Labute approximate surface area is 104 Å². The number of hydrogen-bond donors (Lipinski definition) is 1. The summed E-state index contributed by atoms with van der Waals surface area (Å²) >= 11 is 3.44. The van der Waals surface area contributed by atoms with E-state index in [1.54, 1.807) is 0 Å². The van der Waals surface area contributed by atoms with Crippen LogP contribution in [0.1, 0.15) is 12.1 Å². The van der Waals surface area contributed by atoms with Crippen molar-refractivity contribution >= 4 is 15.9 Å². The van der Waals surface area contributed by atoms with Crippen LogP contribution < -0.4 is 5.73 Å². The molecule has 0 bridgehead atoms. The summed E-state index contributed by atoms with van der Waals surface area (Å²) in [6.45, 7) is 0.742. The van der Waals surface area contributed by atoms with Crippen LogP contribution in [0.4, 0.5) is 0 Å². The Kier molecular flexibility index (Phi) is 3.80. The van der Waals surface area contributed by atoms with Gasteiger partial charge in [-0.05, 0) is 55.8 Å². The molecule has 2 N–H and O–H groups in total. The number of halogens is 1. The Morgan fingerprint density at radius 1 is 1.12 bits per heavy atom. The SMILES string of the molecule is NCCCc1cccn1-c1ccc(Br)cc1. The molecule has 0 aliphatic heterocycles. The fourth-order valence-electron chi connectivity index (χ4n) is 1.76. The summed E-state index contributed by atoms with van der Waals surface area (Å²) in [5.74, 6) is 0. The monoisotopic (exact) mass is 278 g/mol. The highest BCUT2D eigenvalue weighted by atomic mass is 79.9. The molecule has 3 heteroatoms. The van der Waals surface area contributed by atoms with E-state index < -0.39 is 0 Å². The van der Waals surface area contributed by atoms with Crippen LogP contribution in [0.15, 0.2) is 47.1 Å². The third-order valence-electron chi connectivity index (χ3n) is 2.58. The number of nitrogens with zero attached hydrogens (tertiary/aromatic N) is 1. The molecule has 0 amide bonds. The number of hydrogen-bond acceptors (Lipinski definition) is 1. The Morgan fingerprint density at radius 2 is 1.88 bits per heavy atom. The van der Waals surface area contributed by atoms with Crippen LogP contribution in [-0.4, -0.2) is 11.1 Å². The van der Waals surface area contributed by atoms with E-state index in [2.05, 4.69) is 63.1 Å². The fourth-order valence-corrected chi connectivity index (χ4v) is 2.02. The molecule has 0 saturated heterocycles. The molecule has 2 rings (SSSR count). The van der Waals surface area contributed by atoms with Crippen molar-refractivity contribution in [1.82, 2.24) is 4.57 Å². The van der Waals surface area contributed by atoms with Gasteiger partial charge in [0.25, 0.3) is 0 Å². The summed E-state index contributed by atoms with van der Waals surface area (Å²) in [7, 11) is 0. The first-order valence-corrected chi connectivity index (χ1v) is 6.23. The van der Waals surface area contributed by atoms with E-state index in [1.807, 2.05) is 0 Å². The van der Waals surface area contributed by atoms with Crippen LogP contribution in [0.5, 0.6) is 0 Å². The lowest BCUT2D eigenvalue weighted by Gasteiger charge is -2.08. The molecular weight excluding hydrogens is 264 g/mol. The lowest BCUT2D eigenvalue weighted by Crippen LogP contribution is -2.04. The van der Waals surface area contributed by atoms with E-state index in [9.17, 15) is 0 Å². The van der Waals surface area contributed by atoms with Gasteiger partial charge in [-0.1, -0.05) is 15.9 Å². The molecule has 0 radical (unpaired) electrons. The lowest BCUT2D eigenvalue weighted by atomic mass is 10.2. The summed E-state index contributed by atoms with van der Waals surface area (Å²) in [6.07, 6.45) is 4.15. The quantitative estimate of drug-likeness (QED) is 0.915. The van der Waals surface area contributed by atoms with Crippen molar-refractivity contribution in [2.24, 2.45) is 5.73 Å². The first-order valence-electron chi connectivity index (χ1n) is 5.43. The number of nitrogens with two attached hydrogens (primary N) is 1. The van der Waals surface area contributed by atoms with E-state index in [-0.39, 0.29) is 0 Å². The predicted octanol–water partition coefficient (Wildman–Crippen LogP) is 3.13. The molecule has 0 unspecified atom stereocenters. The van der Waals surface area contributed by atoms with Crippen LogP contribution >= 0.6 is 15.9 Å². The third-order valence-corrected chi connectivity index (χ3v) is 3.10. The number of benzene rings is 1. The second kappa shape index (κ2) is 5.32. The molecule has 0 saturated carbocycles. The van der Waals surface area contributed by atoms with E-state index in [0.29, 0.717) is 0 Å². The first kappa shape index (κ1) is 11.4. The van der Waals surface area contributed by atoms with Crippen molar-refractivity contribution in [1.29, 1.82) is 0 Å². The molecule has 0 atom stereocenters. The van der Waals surface area contributed by atoms with Crippen LogP contribution in [-0.2, 0) is 6.42 Å². The molecule has 2 aromatic rings. The number of aryl methyl sites for hydroxylation is 1. The van der Waals surface area contributed by atoms with Gasteiger partial charge in [-0.15, -0.1) is 0 Å². The van der Waals surface area contributed by atoms with Gasteiger partial charge in [0.05, 0.1) is 0 Å². The van der Waals surface area contributed by atoms with Gasteiger partial charge in [-0.25, -0.2) is 0 Å². The van der Waals surface area contributed by atoms with Crippen LogP contribution in [0.25, 0.3) is 5.69 Å². The molecule has 1 aromatic carbocycles. The highest BCUT2D eigenvalue weighted by Gasteiger charge is 2.02. The van der Waals surface area contributed by atoms with Gasteiger partial charge in [0, 0.05) is 22.1 Å². The van der Waals surface area contributed by atoms with Crippen molar-refractivity contribution in [3.63, 3.8) is 0 Å². The predicted molar refractivity (Wildman–Crippen MR) is 70.8 cm³/mol. The van der Waals surface area contributed by atoms with Gasteiger partial charge >= 0.3 is 0 Å². The zero-order valence-electron chi connectivity index (χ0n) is 9.07. The largest absolute Gasteiger partial charge is 0.330 e. The highest BCUT2D eigenvalue weighted by molar-refractivity contribution is 9.10. The molecule has 0 aliphatic carbocycles. The minimum Gasteiger partial charge on any atom is -0.330 e.